The van der Waals surface area contributed by atoms with Gasteiger partial charge in [0, 0.05) is 24.5 Å². The molecule has 1 aliphatic rings. The van der Waals surface area contributed by atoms with E-state index in [1.807, 2.05) is 0 Å². The highest BCUT2D eigenvalue weighted by molar-refractivity contribution is 5.71. The summed E-state index contributed by atoms with van der Waals surface area (Å²) in [5.41, 5.74) is 1.07. The molecule has 1 aliphatic heterocycles. The third kappa shape index (κ3) is 4.82. The second kappa shape index (κ2) is 7.04. The molecule has 0 aromatic carbocycles. The van der Waals surface area contributed by atoms with Crippen LogP contribution in [0.3, 0.4) is 0 Å². The fourth-order valence-corrected chi connectivity index (χ4v) is 2.23. The third-order valence-electron chi connectivity index (χ3n) is 3.21. The Morgan fingerprint density at radius 3 is 2.42 bits per heavy atom. The van der Waals surface area contributed by atoms with Gasteiger partial charge in [0.05, 0.1) is 0 Å². The van der Waals surface area contributed by atoms with E-state index in [1.165, 1.54) is 25.7 Å². The predicted molar refractivity (Wildman–Crippen MR) is 71.9 cm³/mol. The number of hydrogen-bond acceptors (Lipinski definition) is 5. The molecule has 2 rings (SSSR count). The fraction of sp³-hybridized carbons (Fsp3) is 0.615. The number of hydrogen-bond donors (Lipinski definition) is 2. The van der Waals surface area contributed by atoms with Gasteiger partial charge in [0.2, 0.25) is 5.95 Å². The van der Waals surface area contributed by atoms with Gasteiger partial charge in [-0.1, -0.05) is 12.8 Å². The van der Waals surface area contributed by atoms with Crippen LogP contribution in [-0.4, -0.2) is 45.6 Å². The van der Waals surface area contributed by atoms with Gasteiger partial charge >= 0.3 is 5.97 Å². The van der Waals surface area contributed by atoms with Crippen molar-refractivity contribution in [3.63, 3.8) is 0 Å². The molecule has 0 aliphatic carbocycles. The number of carboxylic acids is 1. The molecule has 0 bridgehead atoms. The van der Waals surface area contributed by atoms with E-state index in [-0.39, 0.29) is 6.54 Å². The molecule has 0 saturated carbocycles. The number of nitrogens with one attached hydrogen (secondary N) is 1. The van der Waals surface area contributed by atoms with Gasteiger partial charge < -0.3 is 10.4 Å². The Balaban J connectivity index is 1.85. The van der Waals surface area contributed by atoms with Crippen molar-refractivity contribution >= 4 is 11.9 Å². The van der Waals surface area contributed by atoms with Crippen molar-refractivity contribution in [1.29, 1.82) is 0 Å². The van der Waals surface area contributed by atoms with E-state index in [1.54, 1.807) is 12.4 Å². The van der Waals surface area contributed by atoms with Crippen molar-refractivity contribution in [2.45, 2.75) is 32.2 Å². The lowest BCUT2D eigenvalue weighted by Gasteiger charge is -2.19. The molecule has 6 heteroatoms. The maximum atomic E-state index is 10.4. The maximum absolute atomic E-state index is 10.4. The summed E-state index contributed by atoms with van der Waals surface area (Å²) in [6.07, 6.45) is 8.71. The Kier molecular flexibility index (Phi) is 5.09. The van der Waals surface area contributed by atoms with Crippen molar-refractivity contribution in [1.82, 2.24) is 14.9 Å². The van der Waals surface area contributed by atoms with E-state index in [0.717, 1.165) is 25.2 Å². The van der Waals surface area contributed by atoms with Crippen LogP contribution < -0.4 is 5.32 Å². The second-order valence-electron chi connectivity index (χ2n) is 4.85. The zero-order valence-electron chi connectivity index (χ0n) is 11.0. The molecule has 19 heavy (non-hydrogen) atoms. The van der Waals surface area contributed by atoms with Gasteiger partial charge in [-0.15, -0.1) is 0 Å². The quantitative estimate of drug-likeness (QED) is 0.835. The van der Waals surface area contributed by atoms with Crippen molar-refractivity contribution < 1.29 is 9.90 Å². The Morgan fingerprint density at radius 1 is 1.21 bits per heavy atom. The molecule has 2 heterocycles. The highest BCUT2D eigenvalue weighted by Gasteiger charge is 2.10. The van der Waals surface area contributed by atoms with Gasteiger partial charge in [0.25, 0.3) is 0 Å². The van der Waals surface area contributed by atoms with Gasteiger partial charge in [0.15, 0.2) is 0 Å². The molecule has 6 nitrogen and oxygen atoms in total. The van der Waals surface area contributed by atoms with Crippen LogP contribution >= 0.6 is 0 Å². The summed E-state index contributed by atoms with van der Waals surface area (Å²) in [6, 6.07) is 0. The molecule has 0 spiro atoms. The molecule has 1 aromatic rings. The van der Waals surface area contributed by atoms with Crippen molar-refractivity contribution in [3.8, 4) is 0 Å². The molecular weight excluding hydrogens is 244 g/mol. The summed E-state index contributed by atoms with van der Waals surface area (Å²) in [5.74, 6) is -0.556. The minimum Gasteiger partial charge on any atom is -0.480 e. The lowest BCUT2D eigenvalue weighted by molar-refractivity contribution is -0.134. The van der Waals surface area contributed by atoms with Crippen molar-refractivity contribution in [2.24, 2.45) is 0 Å². The van der Waals surface area contributed by atoms with Crippen LogP contribution in [0.4, 0.5) is 5.95 Å². The largest absolute Gasteiger partial charge is 0.480 e. The van der Waals surface area contributed by atoms with Crippen LogP contribution in [0.5, 0.6) is 0 Å². The number of carbonyl (C=O) groups is 1. The van der Waals surface area contributed by atoms with E-state index < -0.39 is 5.97 Å². The summed E-state index contributed by atoms with van der Waals surface area (Å²) in [4.78, 5) is 21.1. The van der Waals surface area contributed by atoms with Gasteiger partial charge in [-0.05, 0) is 25.9 Å². The number of aromatic nitrogens is 2. The summed E-state index contributed by atoms with van der Waals surface area (Å²) in [6.45, 7) is 2.99. The van der Waals surface area contributed by atoms with Gasteiger partial charge in [-0.25, -0.2) is 9.97 Å². The van der Waals surface area contributed by atoms with Crippen molar-refractivity contribution in [3.05, 3.63) is 18.0 Å². The summed E-state index contributed by atoms with van der Waals surface area (Å²) in [7, 11) is 0. The highest BCUT2D eigenvalue weighted by atomic mass is 16.4. The zero-order chi connectivity index (χ0) is 13.5. The van der Waals surface area contributed by atoms with E-state index >= 15 is 0 Å². The van der Waals surface area contributed by atoms with Crippen LogP contribution in [0.25, 0.3) is 0 Å². The summed E-state index contributed by atoms with van der Waals surface area (Å²) >= 11 is 0. The monoisotopic (exact) mass is 264 g/mol. The standard InChI is InChI=1S/C13H20N4O2/c18-12(19)9-16-13-14-7-11(8-15-13)10-17-5-3-1-2-4-6-17/h7-8H,1-6,9-10H2,(H,18,19)(H,14,15,16). The van der Waals surface area contributed by atoms with Crippen LogP contribution in [-0.2, 0) is 11.3 Å². The Bertz CT molecular complexity index is 400. The van der Waals surface area contributed by atoms with Crippen LogP contribution in [0.15, 0.2) is 12.4 Å². The fourth-order valence-electron chi connectivity index (χ4n) is 2.23. The molecule has 1 fully saturated rings. The third-order valence-corrected chi connectivity index (χ3v) is 3.21. The van der Waals surface area contributed by atoms with Gasteiger partial charge in [0.1, 0.15) is 6.54 Å². The van der Waals surface area contributed by atoms with Gasteiger partial charge in [-0.3, -0.25) is 9.69 Å². The van der Waals surface area contributed by atoms with Crippen LogP contribution in [0, 0.1) is 0 Å². The van der Waals surface area contributed by atoms with E-state index in [4.69, 9.17) is 5.11 Å². The lowest BCUT2D eigenvalue weighted by atomic mass is 10.2. The molecule has 1 saturated heterocycles. The number of likely N-dealkylation sites (tertiary alicyclic amines) is 1. The highest BCUT2D eigenvalue weighted by Crippen LogP contribution is 2.12. The predicted octanol–water partition coefficient (Wildman–Crippen LogP) is 1.35. The summed E-state index contributed by atoms with van der Waals surface area (Å²) < 4.78 is 0. The minimum atomic E-state index is -0.919. The Hall–Kier alpha value is -1.69. The molecule has 0 amide bonds. The smallest absolute Gasteiger partial charge is 0.322 e. The molecular formula is C13H20N4O2. The molecule has 0 unspecified atom stereocenters. The second-order valence-corrected chi connectivity index (χ2v) is 4.85. The molecule has 104 valence electrons. The van der Waals surface area contributed by atoms with E-state index in [0.29, 0.717) is 5.95 Å². The Morgan fingerprint density at radius 2 is 1.84 bits per heavy atom. The topological polar surface area (TPSA) is 78.3 Å². The number of nitrogens with zero attached hydrogens (tertiary/aromatic N) is 3. The first-order valence-electron chi connectivity index (χ1n) is 6.73. The zero-order valence-corrected chi connectivity index (χ0v) is 11.0. The lowest BCUT2D eigenvalue weighted by Crippen LogP contribution is -2.24. The number of anilines is 1. The molecule has 0 radical (unpaired) electrons. The average Bonchev–Trinajstić information content (AvgIpc) is 2.66. The normalized spacial score (nSPS) is 16.8. The Labute approximate surface area is 112 Å². The number of carboxylic acid groups (broad SMARTS) is 1. The van der Waals surface area contributed by atoms with Crippen molar-refractivity contribution in [2.75, 3.05) is 25.0 Å². The average molecular weight is 264 g/mol. The minimum absolute atomic E-state index is 0.161. The SMILES string of the molecule is O=C(O)CNc1ncc(CN2CCCCCC2)cn1. The van der Waals surface area contributed by atoms with E-state index in [2.05, 4.69) is 20.2 Å². The molecule has 0 atom stereocenters. The summed E-state index contributed by atoms with van der Waals surface area (Å²) in [5, 5.41) is 11.2. The van der Waals surface area contributed by atoms with Crippen LogP contribution in [0.2, 0.25) is 0 Å². The first kappa shape index (κ1) is 13.7. The first-order valence-corrected chi connectivity index (χ1v) is 6.73. The van der Waals surface area contributed by atoms with Crippen LogP contribution in [0.1, 0.15) is 31.2 Å². The van der Waals surface area contributed by atoms with Gasteiger partial charge in [-0.2, -0.15) is 0 Å². The number of rotatable bonds is 5. The molecule has 2 N–H and O–H groups in total. The van der Waals surface area contributed by atoms with E-state index in [9.17, 15) is 4.79 Å². The first-order chi connectivity index (χ1) is 9.24. The number of aliphatic carboxylic acids is 1. The maximum Gasteiger partial charge on any atom is 0.322 e. The molecule has 1 aromatic heterocycles.